The number of ether oxygens (including phenoxy) is 9. The SMILES string of the molecule is COC(=O)COCCOCCOCCOCCOCCOCCOCCOc1ccccc1. The zero-order chi connectivity index (χ0) is 23.7. The second-order valence-corrected chi connectivity index (χ2v) is 6.46. The Hall–Kier alpha value is -1.79. The van der Waals surface area contributed by atoms with Crippen LogP contribution in [0.2, 0.25) is 0 Å². The molecule has 0 fully saturated rings. The van der Waals surface area contributed by atoms with Gasteiger partial charge in [0.1, 0.15) is 19.0 Å². The van der Waals surface area contributed by atoms with Crippen LogP contribution >= 0.6 is 0 Å². The molecule has 0 aliphatic carbocycles. The fraction of sp³-hybridized carbons (Fsp3) is 0.696. The predicted octanol–water partition coefficient (Wildman–Crippen LogP) is 1.35. The van der Waals surface area contributed by atoms with Crippen LogP contribution in [0.15, 0.2) is 30.3 Å². The maximum atomic E-state index is 10.8. The number of methoxy groups -OCH3 is 1. The lowest BCUT2D eigenvalue weighted by Crippen LogP contribution is -2.16. The molecule has 0 heterocycles. The Labute approximate surface area is 196 Å². The van der Waals surface area contributed by atoms with Crippen LogP contribution in [0.4, 0.5) is 0 Å². The summed E-state index contributed by atoms with van der Waals surface area (Å²) in [5.41, 5.74) is 0. The smallest absolute Gasteiger partial charge is 0.331 e. The third-order valence-electron chi connectivity index (χ3n) is 3.92. The molecule has 0 radical (unpaired) electrons. The van der Waals surface area contributed by atoms with Crippen molar-refractivity contribution in [2.45, 2.75) is 0 Å². The molecule has 0 spiro atoms. The van der Waals surface area contributed by atoms with E-state index in [0.717, 1.165) is 5.75 Å². The van der Waals surface area contributed by atoms with E-state index in [1.165, 1.54) is 7.11 Å². The normalized spacial score (nSPS) is 10.9. The van der Waals surface area contributed by atoms with Crippen LogP contribution < -0.4 is 4.74 Å². The summed E-state index contributed by atoms with van der Waals surface area (Å²) in [6, 6.07) is 9.64. The molecular weight excluding hydrogens is 436 g/mol. The van der Waals surface area contributed by atoms with Crippen LogP contribution in [0, 0.1) is 0 Å². The second-order valence-electron chi connectivity index (χ2n) is 6.46. The Balaban J connectivity index is 1.66. The minimum absolute atomic E-state index is 0.0640. The van der Waals surface area contributed by atoms with Crippen molar-refractivity contribution in [2.75, 3.05) is 106 Å². The fourth-order valence-electron chi connectivity index (χ4n) is 2.27. The Kier molecular flexibility index (Phi) is 20.7. The molecule has 0 bridgehead atoms. The first kappa shape index (κ1) is 29.2. The number of carbonyl (C=O) groups is 1. The zero-order valence-corrected chi connectivity index (χ0v) is 19.6. The predicted molar refractivity (Wildman–Crippen MR) is 120 cm³/mol. The molecule has 1 aromatic rings. The Morgan fingerprint density at radius 1 is 0.545 bits per heavy atom. The molecule has 0 atom stereocenters. The van der Waals surface area contributed by atoms with Crippen molar-refractivity contribution < 1.29 is 47.4 Å². The number of hydrogen-bond donors (Lipinski definition) is 0. The van der Waals surface area contributed by atoms with Crippen LogP contribution in [-0.2, 0) is 42.7 Å². The van der Waals surface area contributed by atoms with E-state index >= 15 is 0 Å². The standard InChI is InChI=1S/C23H38O10/c1-25-23(24)21-32-18-17-30-14-13-28-10-9-26-7-8-27-11-12-29-15-16-31-19-20-33-22-5-3-2-4-6-22/h2-6H,7-21H2,1H3. The number of benzene rings is 1. The number of para-hydroxylation sites is 1. The van der Waals surface area contributed by atoms with Gasteiger partial charge in [0, 0.05) is 0 Å². The number of hydrogen-bond acceptors (Lipinski definition) is 10. The summed E-state index contributed by atoms with van der Waals surface area (Å²) in [5.74, 6) is 0.438. The van der Waals surface area contributed by atoms with Crippen LogP contribution in [-0.4, -0.2) is 112 Å². The van der Waals surface area contributed by atoms with E-state index in [9.17, 15) is 4.79 Å². The molecule has 0 aliphatic rings. The molecule has 0 saturated carbocycles. The van der Waals surface area contributed by atoms with Gasteiger partial charge in [-0.05, 0) is 12.1 Å². The van der Waals surface area contributed by atoms with Crippen molar-refractivity contribution in [2.24, 2.45) is 0 Å². The summed E-state index contributed by atoms with van der Waals surface area (Å²) < 4.78 is 47.4. The van der Waals surface area contributed by atoms with Crippen LogP contribution in [0.5, 0.6) is 5.75 Å². The van der Waals surface area contributed by atoms with E-state index in [-0.39, 0.29) is 6.61 Å². The van der Waals surface area contributed by atoms with Crippen molar-refractivity contribution in [3.8, 4) is 5.75 Å². The van der Waals surface area contributed by atoms with Gasteiger partial charge >= 0.3 is 5.97 Å². The number of carbonyl (C=O) groups excluding carboxylic acids is 1. The van der Waals surface area contributed by atoms with Gasteiger partial charge in [-0.15, -0.1) is 0 Å². The summed E-state index contributed by atoms with van der Waals surface area (Å²) in [7, 11) is 1.32. The van der Waals surface area contributed by atoms with Crippen LogP contribution in [0.3, 0.4) is 0 Å². The third kappa shape index (κ3) is 20.5. The van der Waals surface area contributed by atoms with E-state index in [1.807, 2.05) is 30.3 Å². The summed E-state index contributed by atoms with van der Waals surface area (Å²) in [4.78, 5) is 10.8. The second kappa shape index (κ2) is 23.4. The first-order valence-corrected chi connectivity index (χ1v) is 11.1. The van der Waals surface area contributed by atoms with Crippen LogP contribution in [0.25, 0.3) is 0 Å². The van der Waals surface area contributed by atoms with Gasteiger partial charge in [0.15, 0.2) is 0 Å². The molecule has 0 saturated heterocycles. The molecule has 0 aromatic heterocycles. The van der Waals surface area contributed by atoms with Crippen molar-refractivity contribution in [3.63, 3.8) is 0 Å². The average Bonchev–Trinajstić information content (AvgIpc) is 2.85. The molecular formula is C23H38O10. The lowest BCUT2D eigenvalue weighted by Gasteiger charge is -2.09. The molecule has 1 rings (SSSR count). The van der Waals surface area contributed by atoms with Crippen LogP contribution in [0.1, 0.15) is 0 Å². The third-order valence-corrected chi connectivity index (χ3v) is 3.92. The average molecular weight is 475 g/mol. The number of esters is 1. The van der Waals surface area contributed by atoms with Gasteiger partial charge in [-0.2, -0.15) is 0 Å². The molecule has 10 nitrogen and oxygen atoms in total. The van der Waals surface area contributed by atoms with Crippen molar-refractivity contribution in [1.82, 2.24) is 0 Å². The molecule has 0 N–H and O–H groups in total. The molecule has 1 aromatic carbocycles. The monoisotopic (exact) mass is 474 g/mol. The van der Waals surface area contributed by atoms with Crippen molar-refractivity contribution >= 4 is 5.97 Å². The maximum Gasteiger partial charge on any atom is 0.331 e. The Morgan fingerprint density at radius 2 is 0.909 bits per heavy atom. The topological polar surface area (TPSA) is 100 Å². The highest BCUT2D eigenvalue weighted by Crippen LogP contribution is 2.07. The van der Waals surface area contributed by atoms with E-state index in [1.54, 1.807) is 0 Å². The molecule has 10 heteroatoms. The van der Waals surface area contributed by atoms with E-state index in [4.69, 9.17) is 37.9 Å². The molecule has 0 aliphatic heterocycles. The summed E-state index contributed by atoms with van der Waals surface area (Å²) >= 11 is 0. The summed E-state index contributed by atoms with van der Waals surface area (Å²) in [6.07, 6.45) is 0. The van der Waals surface area contributed by atoms with Gasteiger partial charge in [-0.25, -0.2) is 4.79 Å². The quantitative estimate of drug-likeness (QED) is 0.161. The lowest BCUT2D eigenvalue weighted by atomic mass is 10.3. The minimum Gasteiger partial charge on any atom is -0.491 e. The highest BCUT2D eigenvalue weighted by molar-refractivity contribution is 5.70. The van der Waals surface area contributed by atoms with Gasteiger partial charge in [0.25, 0.3) is 0 Å². The van der Waals surface area contributed by atoms with Gasteiger partial charge in [-0.3, -0.25) is 0 Å². The van der Waals surface area contributed by atoms with Gasteiger partial charge < -0.3 is 42.6 Å². The van der Waals surface area contributed by atoms with Gasteiger partial charge in [0.05, 0.1) is 93.0 Å². The summed E-state index contributed by atoms with van der Waals surface area (Å²) in [5, 5.41) is 0. The molecule has 0 unspecified atom stereocenters. The van der Waals surface area contributed by atoms with Gasteiger partial charge in [0.2, 0.25) is 0 Å². The highest BCUT2D eigenvalue weighted by atomic mass is 16.6. The number of rotatable bonds is 24. The van der Waals surface area contributed by atoms with E-state index < -0.39 is 5.97 Å². The maximum absolute atomic E-state index is 10.8. The largest absolute Gasteiger partial charge is 0.491 e. The fourth-order valence-corrected chi connectivity index (χ4v) is 2.27. The van der Waals surface area contributed by atoms with Crippen molar-refractivity contribution in [1.29, 1.82) is 0 Å². The Bertz CT molecular complexity index is 543. The van der Waals surface area contributed by atoms with E-state index in [2.05, 4.69) is 4.74 Å². The first-order valence-electron chi connectivity index (χ1n) is 11.1. The summed E-state index contributed by atoms with van der Waals surface area (Å²) in [6.45, 7) is 6.69. The first-order chi connectivity index (χ1) is 16.3. The lowest BCUT2D eigenvalue weighted by molar-refractivity contribution is -0.146. The van der Waals surface area contributed by atoms with Gasteiger partial charge in [-0.1, -0.05) is 18.2 Å². The molecule has 0 amide bonds. The zero-order valence-electron chi connectivity index (χ0n) is 19.6. The molecule has 33 heavy (non-hydrogen) atoms. The van der Waals surface area contributed by atoms with Crippen molar-refractivity contribution in [3.05, 3.63) is 30.3 Å². The minimum atomic E-state index is -0.403. The highest BCUT2D eigenvalue weighted by Gasteiger charge is 1.99. The van der Waals surface area contributed by atoms with E-state index in [0.29, 0.717) is 92.5 Å². The Morgan fingerprint density at radius 3 is 1.30 bits per heavy atom. The molecule has 190 valence electrons.